The van der Waals surface area contributed by atoms with E-state index in [4.69, 9.17) is 9.31 Å². The molecule has 11 heavy (non-hydrogen) atoms. The standard InChI is InChI=1S/C8H17BO2/c1-5-8(4)7(2,3)6-10-9-11-8/h9H,5-6H2,1-4H3. The molecule has 0 aromatic carbocycles. The summed E-state index contributed by atoms with van der Waals surface area (Å²) in [5.41, 5.74) is 0.130. The predicted molar refractivity (Wildman–Crippen MR) is 46.7 cm³/mol. The molecule has 0 bridgehead atoms. The number of hydrogen-bond donors (Lipinski definition) is 0. The molecule has 0 aromatic rings. The number of hydrogen-bond acceptors (Lipinski definition) is 2. The lowest BCUT2D eigenvalue weighted by Crippen LogP contribution is -2.52. The van der Waals surface area contributed by atoms with E-state index in [0.717, 1.165) is 13.0 Å². The lowest BCUT2D eigenvalue weighted by atomic mass is 9.73. The smallest absolute Gasteiger partial charge is 0.413 e. The van der Waals surface area contributed by atoms with Gasteiger partial charge in [0.25, 0.3) is 0 Å². The zero-order valence-electron chi connectivity index (χ0n) is 7.94. The van der Waals surface area contributed by atoms with Gasteiger partial charge >= 0.3 is 7.69 Å². The van der Waals surface area contributed by atoms with Crippen LogP contribution in [0.5, 0.6) is 0 Å². The first-order chi connectivity index (χ1) is 5.02. The fourth-order valence-corrected chi connectivity index (χ4v) is 1.40. The molecule has 0 radical (unpaired) electrons. The molecule has 1 aliphatic heterocycles. The molecule has 0 aliphatic carbocycles. The topological polar surface area (TPSA) is 18.5 Å². The third kappa shape index (κ3) is 1.45. The van der Waals surface area contributed by atoms with Gasteiger partial charge in [-0.2, -0.15) is 0 Å². The van der Waals surface area contributed by atoms with Crippen LogP contribution in [0.25, 0.3) is 0 Å². The first-order valence-electron chi connectivity index (χ1n) is 4.23. The molecular weight excluding hydrogens is 139 g/mol. The van der Waals surface area contributed by atoms with Crippen LogP contribution in [-0.4, -0.2) is 19.9 Å². The second-order valence-electron chi connectivity index (χ2n) is 4.08. The van der Waals surface area contributed by atoms with Gasteiger partial charge in [-0.3, -0.25) is 0 Å². The lowest BCUT2D eigenvalue weighted by molar-refractivity contribution is -0.102. The largest absolute Gasteiger partial charge is 0.438 e. The molecule has 1 aliphatic rings. The van der Waals surface area contributed by atoms with Crippen molar-refractivity contribution >= 4 is 7.69 Å². The lowest BCUT2D eigenvalue weighted by Gasteiger charge is -2.47. The fourth-order valence-electron chi connectivity index (χ4n) is 1.40. The molecule has 1 unspecified atom stereocenters. The van der Waals surface area contributed by atoms with Gasteiger partial charge in [0.1, 0.15) is 0 Å². The van der Waals surface area contributed by atoms with Crippen LogP contribution in [0, 0.1) is 5.41 Å². The summed E-state index contributed by atoms with van der Waals surface area (Å²) >= 11 is 0. The second-order valence-corrected chi connectivity index (χ2v) is 4.08. The highest BCUT2D eigenvalue weighted by Crippen LogP contribution is 2.38. The van der Waals surface area contributed by atoms with Gasteiger partial charge in [-0.15, -0.1) is 0 Å². The molecule has 1 rings (SSSR count). The Morgan fingerprint density at radius 2 is 2.00 bits per heavy atom. The van der Waals surface area contributed by atoms with Crippen molar-refractivity contribution in [2.24, 2.45) is 5.41 Å². The summed E-state index contributed by atoms with van der Waals surface area (Å²) in [6.45, 7) is 9.51. The van der Waals surface area contributed by atoms with E-state index in [0.29, 0.717) is 7.69 Å². The summed E-state index contributed by atoms with van der Waals surface area (Å²) in [5.74, 6) is 0. The van der Waals surface area contributed by atoms with E-state index in [2.05, 4.69) is 27.7 Å². The molecule has 1 atom stereocenters. The van der Waals surface area contributed by atoms with Crippen molar-refractivity contribution in [3.8, 4) is 0 Å². The minimum atomic E-state index is -0.00868. The summed E-state index contributed by atoms with van der Waals surface area (Å²) in [4.78, 5) is 0. The Labute approximate surface area is 69.6 Å². The first-order valence-corrected chi connectivity index (χ1v) is 4.23. The van der Waals surface area contributed by atoms with Crippen LogP contribution in [0.3, 0.4) is 0 Å². The minimum absolute atomic E-state index is 0.00868. The van der Waals surface area contributed by atoms with Gasteiger partial charge < -0.3 is 9.31 Å². The maximum absolute atomic E-state index is 5.61. The zero-order chi connectivity index (χ0) is 8.54. The van der Waals surface area contributed by atoms with Crippen LogP contribution >= 0.6 is 0 Å². The Hall–Kier alpha value is -0.0151. The normalized spacial score (nSPS) is 36.4. The van der Waals surface area contributed by atoms with Crippen molar-refractivity contribution < 1.29 is 9.31 Å². The van der Waals surface area contributed by atoms with Crippen molar-refractivity contribution in [1.82, 2.24) is 0 Å². The van der Waals surface area contributed by atoms with Gasteiger partial charge in [0.15, 0.2) is 0 Å². The molecule has 1 heterocycles. The third-order valence-corrected chi connectivity index (χ3v) is 3.03. The zero-order valence-corrected chi connectivity index (χ0v) is 7.94. The summed E-state index contributed by atoms with van der Waals surface area (Å²) in [6, 6.07) is 0. The maximum Gasteiger partial charge on any atom is 0.438 e. The van der Waals surface area contributed by atoms with Gasteiger partial charge in [0.05, 0.1) is 5.60 Å². The quantitative estimate of drug-likeness (QED) is 0.535. The minimum Gasteiger partial charge on any atom is -0.413 e. The van der Waals surface area contributed by atoms with Crippen molar-refractivity contribution in [1.29, 1.82) is 0 Å². The Morgan fingerprint density at radius 3 is 2.36 bits per heavy atom. The highest BCUT2D eigenvalue weighted by Gasteiger charge is 2.43. The van der Waals surface area contributed by atoms with Gasteiger partial charge in [0, 0.05) is 12.0 Å². The van der Waals surface area contributed by atoms with Gasteiger partial charge in [-0.05, 0) is 13.3 Å². The first kappa shape index (κ1) is 9.08. The molecule has 0 amide bonds. The Balaban J connectivity index is 2.74. The summed E-state index contributed by atoms with van der Waals surface area (Å²) in [7, 11) is 0.452. The maximum atomic E-state index is 5.61. The Kier molecular flexibility index (Phi) is 2.31. The van der Waals surface area contributed by atoms with Crippen molar-refractivity contribution in [3.63, 3.8) is 0 Å². The van der Waals surface area contributed by atoms with Crippen molar-refractivity contribution in [3.05, 3.63) is 0 Å². The molecule has 1 saturated heterocycles. The summed E-state index contributed by atoms with van der Waals surface area (Å²) < 4.78 is 10.9. The molecule has 0 N–H and O–H groups in total. The molecule has 1 fully saturated rings. The van der Waals surface area contributed by atoms with Crippen LogP contribution < -0.4 is 0 Å². The van der Waals surface area contributed by atoms with Crippen LogP contribution in [0.4, 0.5) is 0 Å². The highest BCUT2D eigenvalue weighted by atomic mass is 16.6. The molecule has 0 spiro atoms. The average molecular weight is 156 g/mol. The highest BCUT2D eigenvalue weighted by molar-refractivity contribution is 6.18. The third-order valence-electron chi connectivity index (χ3n) is 3.03. The monoisotopic (exact) mass is 156 g/mol. The second kappa shape index (κ2) is 2.79. The molecule has 2 nitrogen and oxygen atoms in total. The van der Waals surface area contributed by atoms with E-state index >= 15 is 0 Å². The van der Waals surface area contributed by atoms with Crippen LogP contribution in [0.15, 0.2) is 0 Å². The SMILES string of the molecule is CCC1(C)OBOCC1(C)C. The fraction of sp³-hybridized carbons (Fsp3) is 1.00. The van der Waals surface area contributed by atoms with E-state index in [-0.39, 0.29) is 11.0 Å². The Morgan fingerprint density at radius 1 is 1.36 bits per heavy atom. The average Bonchev–Trinajstić information content (AvgIpc) is 1.95. The Bertz CT molecular complexity index is 147. The van der Waals surface area contributed by atoms with Crippen LogP contribution in [-0.2, 0) is 9.31 Å². The van der Waals surface area contributed by atoms with Gasteiger partial charge in [-0.25, -0.2) is 0 Å². The van der Waals surface area contributed by atoms with Gasteiger partial charge in [-0.1, -0.05) is 20.8 Å². The molecular formula is C8H17BO2. The van der Waals surface area contributed by atoms with E-state index < -0.39 is 0 Å². The molecule has 64 valence electrons. The predicted octanol–water partition coefficient (Wildman–Crippen LogP) is 1.49. The van der Waals surface area contributed by atoms with E-state index in [1.807, 2.05) is 0 Å². The van der Waals surface area contributed by atoms with E-state index in [1.165, 1.54) is 0 Å². The van der Waals surface area contributed by atoms with E-state index in [1.54, 1.807) is 0 Å². The molecule has 3 heteroatoms. The van der Waals surface area contributed by atoms with Crippen molar-refractivity contribution in [2.75, 3.05) is 6.61 Å². The van der Waals surface area contributed by atoms with Crippen LogP contribution in [0.2, 0.25) is 0 Å². The van der Waals surface area contributed by atoms with Crippen LogP contribution in [0.1, 0.15) is 34.1 Å². The number of rotatable bonds is 1. The summed E-state index contributed by atoms with van der Waals surface area (Å²) in [5, 5.41) is 0. The van der Waals surface area contributed by atoms with Gasteiger partial charge in [0.2, 0.25) is 0 Å². The van der Waals surface area contributed by atoms with Crippen molar-refractivity contribution in [2.45, 2.75) is 39.7 Å². The molecule has 0 saturated carbocycles. The molecule has 0 aromatic heterocycles. The summed E-state index contributed by atoms with van der Waals surface area (Å²) in [6.07, 6.45) is 1.04. The van der Waals surface area contributed by atoms with E-state index in [9.17, 15) is 0 Å².